The molecule has 0 aliphatic carbocycles. The van der Waals surface area contributed by atoms with Crippen LogP contribution in [0.2, 0.25) is 0 Å². The maximum absolute atomic E-state index is 5.52. The molecule has 0 bridgehead atoms. The van der Waals surface area contributed by atoms with E-state index in [9.17, 15) is 0 Å². The lowest BCUT2D eigenvalue weighted by molar-refractivity contribution is 0.107. The zero-order chi connectivity index (χ0) is 14.9. The van der Waals surface area contributed by atoms with Crippen LogP contribution in [0.5, 0.6) is 5.75 Å². The lowest BCUT2D eigenvalue weighted by Crippen LogP contribution is -2.06. The van der Waals surface area contributed by atoms with Crippen molar-refractivity contribution in [2.24, 2.45) is 5.16 Å². The fraction of sp³-hybridized carbons (Fsp3) is 0.278. The Morgan fingerprint density at radius 1 is 1.14 bits per heavy atom. The Morgan fingerprint density at radius 2 is 1.95 bits per heavy atom. The number of benzene rings is 2. The van der Waals surface area contributed by atoms with E-state index < -0.39 is 0 Å². The van der Waals surface area contributed by atoms with Crippen LogP contribution >= 0.6 is 0 Å². The zero-order valence-electron chi connectivity index (χ0n) is 12.5. The predicted octanol–water partition coefficient (Wildman–Crippen LogP) is 4.00. The van der Waals surface area contributed by atoms with Crippen molar-refractivity contribution in [3.05, 3.63) is 65.7 Å². The summed E-state index contributed by atoms with van der Waals surface area (Å²) in [5, 5.41) is 4.20. The average molecular weight is 282 g/mol. The topological polar surface area (TPSA) is 30.8 Å². The largest absolute Gasteiger partial charge is 0.490 e. The van der Waals surface area contributed by atoms with Crippen molar-refractivity contribution in [1.29, 1.82) is 0 Å². The monoisotopic (exact) mass is 282 g/mol. The minimum absolute atomic E-state index is 0.421. The number of aryl methyl sites for hydroxylation is 1. The lowest BCUT2D eigenvalue weighted by Gasteiger charge is -2.07. The van der Waals surface area contributed by atoms with Gasteiger partial charge in [0.25, 0.3) is 0 Å². The van der Waals surface area contributed by atoms with Crippen LogP contribution in [0.15, 0.2) is 53.7 Å². The van der Waals surface area contributed by atoms with Gasteiger partial charge < -0.3 is 9.57 Å². The Labute approximate surface area is 126 Å². The normalized spacial score (nSPS) is 11.2. The molecule has 0 aliphatic heterocycles. The van der Waals surface area contributed by atoms with E-state index in [-0.39, 0.29) is 0 Å². The summed E-state index contributed by atoms with van der Waals surface area (Å²) in [6.07, 6.45) is 0.831. The van der Waals surface area contributed by atoms with Crippen molar-refractivity contribution in [2.75, 3.05) is 13.2 Å². The summed E-state index contributed by atoms with van der Waals surface area (Å²) in [6.45, 7) is 5.02. The van der Waals surface area contributed by atoms with E-state index in [1.54, 1.807) is 6.07 Å². The van der Waals surface area contributed by atoms with Crippen LogP contribution in [-0.2, 0) is 4.84 Å². The Kier molecular flexibility index (Phi) is 5.83. The molecular weight excluding hydrogens is 262 g/mol. The molecule has 3 nitrogen and oxygen atoms in total. The molecule has 0 unspecified atom stereocenters. The summed E-state index contributed by atoms with van der Waals surface area (Å²) in [5.41, 5.74) is 3.29. The molecule has 2 aromatic rings. The van der Waals surface area contributed by atoms with E-state index in [0.29, 0.717) is 13.2 Å². The molecule has 109 valence electrons. The second-order valence-electron chi connectivity index (χ2n) is 4.68. The molecule has 0 spiro atoms. The van der Waals surface area contributed by atoms with E-state index in [4.69, 9.17) is 9.57 Å². The maximum atomic E-state index is 5.52. The molecule has 1 radical (unpaired) electrons. The Balaban J connectivity index is 1.80. The van der Waals surface area contributed by atoms with Crippen LogP contribution < -0.4 is 4.74 Å². The third-order valence-corrected chi connectivity index (χ3v) is 3.02. The molecule has 0 N–H and O–H groups in total. The maximum Gasteiger partial charge on any atom is 0.151 e. The summed E-state index contributed by atoms with van der Waals surface area (Å²) in [7, 11) is 0. The summed E-state index contributed by atoms with van der Waals surface area (Å²) in [5.74, 6) is 0.791. The van der Waals surface area contributed by atoms with Gasteiger partial charge in [-0.25, -0.2) is 0 Å². The molecule has 3 heteroatoms. The fourth-order valence-electron chi connectivity index (χ4n) is 1.85. The van der Waals surface area contributed by atoms with Crippen LogP contribution in [0.4, 0.5) is 0 Å². The molecule has 0 fully saturated rings. The molecule has 0 saturated carbocycles. The van der Waals surface area contributed by atoms with Crippen LogP contribution in [0.25, 0.3) is 0 Å². The predicted molar refractivity (Wildman–Crippen MR) is 84.7 cm³/mol. The molecule has 0 heterocycles. The van der Waals surface area contributed by atoms with Gasteiger partial charge in [-0.1, -0.05) is 54.0 Å². The van der Waals surface area contributed by atoms with Crippen molar-refractivity contribution in [2.45, 2.75) is 20.3 Å². The number of hydrogen-bond donors (Lipinski definition) is 0. The number of rotatable bonds is 7. The van der Waals surface area contributed by atoms with E-state index in [0.717, 1.165) is 23.4 Å². The molecule has 0 amide bonds. The third-order valence-electron chi connectivity index (χ3n) is 3.02. The van der Waals surface area contributed by atoms with E-state index >= 15 is 0 Å². The summed E-state index contributed by atoms with van der Waals surface area (Å²) in [6, 6.07) is 18.7. The quantitative estimate of drug-likeness (QED) is 0.436. The Hall–Kier alpha value is -2.29. The first-order valence-electron chi connectivity index (χ1n) is 7.14. The van der Waals surface area contributed by atoms with Crippen molar-refractivity contribution >= 4 is 5.71 Å². The highest BCUT2D eigenvalue weighted by molar-refractivity contribution is 6.00. The summed E-state index contributed by atoms with van der Waals surface area (Å²) in [4.78, 5) is 5.35. The zero-order valence-corrected chi connectivity index (χ0v) is 12.5. The molecule has 0 aliphatic rings. The highest BCUT2D eigenvalue weighted by atomic mass is 16.6. The highest BCUT2D eigenvalue weighted by Crippen LogP contribution is 2.09. The van der Waals surface area contributed by atoms with Crippen molar-refractivity contribution < 1.29 is 9.57 Å². The van der Waals surface area contributed by atoms with Crippen LogP contribution in [0.3, 0.4) is 0 Å². The second kappa shape index (κ2) is 8.10. The number of hydrogen-bond acceptors (Lipinski definition) is 3. The highest BCUT2D eigenvalue weighted by Gasteiger charge is 2.01. The minimum atomic E-state index is 0.421. The second-order valence-corrected chi connectivity index (χ2v) is 4.68. The first kappa shape index (κ1) is 15.1. The molecule has 0 saturated heterocycles. The van der Waals surface area contributed by atoms with Gasteiger partial charge in [0, 0.05) is 0 Å². The van der Waals surface area contributed by atoms with Gasteiger partial charge in [-0.2, -0.15) is 0 Å². The van der Waals surface area contributed by atoms with Crippen molar-refractivity contribution in [3.63, 3.8) is 0 Å². The summed E-state index contributed by atoms with van der Waals surface area (Å²) >= 11 is 0. The Bertz CT molecular complexity index is 562. The van der Waals surface area contributed by atoms with Gasteiger partial charge in [0.15, 0.2) is 6.61 Å². The third kappa shape index (κ3) is 4.95. The minimum Gasteiger partial charge on any atom is -0.490 e. The molecule has 2 rings (SSSR count). The standard InChI is InChI=1S/C18H20NO2/c1-3-18(16-11-9-15(2)10-12-16)19-21-14-13-20-17-7-5-4-6-8-17/h4-5,7-12H,3,13-14H2,1-2H3. The van der Waals surface area contributed by atoms with Gasteiger partial charge in [0.1, 0.15) is 12.4 Å². The average Bonchev–Trinajstić information content (AvgIpc) is 2.53. The first-order chi connectivity index (χ1) is 10.3. The Morgan fingerprint density at radius 3 is 2.62 bits per heavy atom. The lowest BCUT2D eigenvalue weighted by atomic mass is 10.1. The van der Waals surface area contributed by atoms with Gasteiger partial charge >= 0.3 is 0 Å². The van der Waals surface area contributed by atoms with Gasteiger partial charge in [-0.05, 0) is 37.1 Å². The van der Waals surface area contributed by atoms with Gasteiger partial charge in [0.05, 0.1) is 5.71 Å². The van der Waals surface area contributed by atoms with E-state index in [1.807, 2.05) is 18.2 Å². The van der Waals surface area contributed by atoms with Crippen molar-refractivity contribution in [3.8, 4) is 5.75 Å². The van der Waals surface area contributed by atoms with E-state index in [1.165, 1.54) is 5.56 Å². The smallest absolute Gasteiger partial charge is 0.151 e. The molecule has 0 atom stereocenters. The molecule has 0 aromatic heterocycles. The first-order valence-corrected chi connectivity index (χ1v) is 7.14. The SMILES string of the molecule is CCC(=NOCCOc1c[c]ccc1)c1ccc(C)cc1. The molecular formula is C18H20NO2. The number of nitrogens with zero attached hydrogens (tertiary/aromatic N) is 1. The summed E-state index contributed by atoms with van der Waals surface area (Å²) < 4.78 is 5.52. The van der Waals surface area contributed by atoms with Crippen LogP contribution in [0, 0.1) is 13.0 Å². The number of oxime groups is 1. The van der Waals surface area contributed by atoms with E-state index in [2.05, 4.69) is 49.3 Å². The van der Waals surface area contributed by atoms with Crippen LogP contribution in [0.1, 0.15) is 24.5 Å². The molecule has 2 aromatic carbocycles. The van der Waals surface area contributed by atoms with Gasteiger partial charge in [-0.3, -0.25) is 0 Å². The molecule has 21 heavy (non-hydrogen) atoms. The van der Waals surface area contributed by atoms with Crippen LogP contribution in [-0.4, -0.2) is 18.9 Å². The van der Waals surface area contributed by atoms with Gasteiger partial charge in [0.2, 0.25) is 0 Å². The van der Waals surface area contributed by atoms with Crippen molar-refractivity contribution in [1.82, 2.24) is 0 Å². The van der Waals surface area contributed by atoms with Gasteiger partial charge in [-0.15, -0.1) is 0 Å². The fourth-order valence-corrected chi connectivity index (χ4v) is 1.85. The number of ether oxygens (including phenoxy) is 1.